The first-order chi connectivity index (χ1) is 13.4. The number of hydrogen-bond acceptors (Lipinski definition) is 4. The fourth-order valence-electron chi connectivity index (χ4n) is 2.64. The largest absolute Gasteiger partial charge is 0.350 e. The zero-order valence-electron chi connectivity index (χ0n) is 14.9. The lowest BCUT2D eigenvalue weighted by Gasteiger charge is -2.13. The van der Waals surface area contributed by atoms with Crippen LogP contribution in [-0.4, -0.2) is 35.0 Å². The third-order valence-corrected chi connectivity index (χ3v) is 5.04. The van der Waals surface area contributed by atoms with Crippen LogP contribution in [0, 0.1) is 18.6 Å². The monoisotopic (exact) mass is 402 g/mol. The van der Waals surface area contributed by atoms with Gasteiger partial charge in [-0.3, -0.25) is 19.3 Å². The number of hydrogen-bond donors (Lipinski definition) is 1. The minimum atomic E-state index is -0.547. The lowest BCUT2D eigenvalue weighted by Crippen LogP contribution is -2.37. The van der Waals surface area contributed by atoms with Gasteiger partial charge in [0.1, 0.15) is 11.6 Å². The summed E-state index contributed by atoms with van der Waals surface area (Å²) in [6, 6.07) is 9.81. The molecule has 1 aliphatic heterocycles. The highest BCUT2D eigenvalue weighted by molar-refractivity contribution is 8.18. The average molecular weight is 402 g/mol. The molecule has 0 aliphatic carbocycles. The lowest BCUT2D eigenvalue weighted by atomic mass is 10.1. The molecule has 1 heterocycles. The summed E-state index contributed by atoms with van der Waals surface area (Å²) in [7, 11) is 0. The van der Waals surface area contributed by atoms with Gasteiger partial charge in [0.25, 0.3) is 17.1 Å². The van der Waals surface area contributed by atoms with Crippen LogP contribution in [-0.2, 0) is 4.79 Å². The van der Waals surface area contributed by atoms with Crippen LogP contribution >= 0.6 is 11.8 Å². The van der Waals surface area contributed by atoms with Gasteiger partial charge in [0, 0.05) is 24.2 Å². The van der Waals surface area contributed by atoms with Crippen molar-refractivity contribution in [1.29, 1.82) is 0 Å². The van der Waals surface area contributed by atoms with Gasteiger partial charge in [-0.15, -0.1) is 0 Å². The molecule has 0 spiro atoms. The maximum Gasteiger partial charge on any atom is 0.293 e. The number of thioether (sulfide) groups is 1. The quantitative estimate of drug-likeness (QED) is 0.774. The fourth-order valence-corrected chi connectivity index (χ4v) is 3.50. The summed E-state index contributed by atoms with van der Waals surface area (Å²) in [6.07, 6.45) is 1.33. The Labute approximate surface area is 164 Å². The van der Waals surface area contributed by atoms with Crippen molar-refractivity contribution < 1.29 is 23.2 Å². The number of halogens is 2. The van der Waals surface area contributed by atoms with E-state index in [4.69, 9.17) is 0 Å². The maximum atomic E-state index is 13.7. The molecule has 0 aromatic heterocycles. The summed E-state index contributed by atoms with van der Waals surface area (Å²) in [6.45, 7) is 1.65. The molecule has 0 bridgehead atoms. The Morgan fingerprint density at radius 3 is 2.68 bits per heavy atom. The molecule has 2 aromatic carbocycles. The first kappa shape index (κ1) is 19.8. The van der Waals surface area contributed by atoms with Crippen molar-refractivity contribution in [3.63, 3.8) is 0 Å². The van der Waals surface area contributed by atoms with Crippen LogP contribution in [0.1, 0.15) is 21.5 Å². The van der Waals surface area contributed by atoms with Gasteiger partial charge >= 0.3 is 0 Å². The van der Waals surface area contributed by atoms with E-state index in [-0.39, 0.29) is 29.1 Å². The van der Waals surface area contributed by atoms with E-state index in [9.17, 15) is 23.2 Å². The summed E-state index contributed by atoms with van der Waals surface area (Å²) >= 11 is 0.715. The Morgan fingerprint density at radius 2 is 1.93 bits per heavy atom. The van der Waals surface area contributed by atoms with Gasteiger partial charge in [-0.25, -0.2) is 8.78 Å². The molecule has 0 saturated carbocycles. The third-order valence-electron chi connectivity index (χ3n) is 4.13. The molecular formula is C20H16F2N2O3S. The van der Waals surface area contributed by atoms with Crippen LogP contribution in [0.15, 0.2) is 47.4 Å². The minimum absolute atomic E-state index is 0.0137. The van der Waals surface area contributed by atoms with E-state index in [2.05, 4.69) is 5.32 Å². The number of rotatable bonds is 5. The SMILES string of the molecule is Cc1ccc(F)cc1C(=O)NCCN1C(=O)SC(=Cc2ccccc2F)C1=O. The number of amides is 3. The number of carbonyl (C=O) groups is 3. The van der Waals surface area contributed by atoms with E-state index in [1.165, 1.54) is 36.4 Å². The predicted molar refractivity (Wildman–Crippen MR) is 103 cm³/mol. The molecule has 3 rings (SSSR count). The second-order valence-electron chi connectivity index (χ2n) is 6.07. The van der Waals surface area contributed by atoms with Gasteiger partial charge in [-0.05, 0) is 48.5 Å². The fraction of sp³-hybridized carbons (Fsp3) is 0.150. The molecular weight excluding hydrogens is 386 g/mol. The van der Waals surface area contributed by atoms with Gasteiger partial charge in [-0.1, -0.05) is 24.3 Å². The van der Waals surface area contributed by atoms with Crippen molar-refractivity contribution in [2.45, 2.75) is 6.92 Å². The summed E-state index contributed by atoms with van der Waals surface area (Å²) in [5.74, 6) is -2.06. The van der Waals surface area contributed by atoms with Crippen molar-refractivity contribution in [2.75, 3.05) is 13.1 Å². The first-order valence-corrected chi connectivity index (χ1v) is 9.22. The van der Waals surface area contributed by atoms with E-state index in [1.54, 1.807) is 13.0 Å². The van der Waals surface area contributed by atoms with Crippen LogP contribution in [0.4, 0.5) is 13.6 Å². The summed E-state index contributed by atoms with van der Waals surface area (Å²) < 4.78 is 27.1. The smallest absolute Gasteiger partial charge is 0.293 e. The molecule has 0 atom stereocenters. The van der Waals surface area contributed by atoms with Crippen molar-refractivity contribution in [1.82, 2.24) is 10.2 Å². The predicted octanol–water partition coefficient (Wildman–Crippen LogP) is 3.74. The number of benzene rings is 2. The van der Waals surface area contributed by atoms with E-state index >= 15 is 0 Å². The van der Waals surface area contributed by atoms with Crippen LogP contribution < -0.4 is 5.32 Å². The zero-order valence-corrected chi connectivity index (χ0v) is 15.7. The molecule has 8 heteroatoms. The topological polar surface area (TPSA) is 66.5 Å². The summed E-state index contributed by atoms with van der Waals surface area (Å²) in [4.78, 5) is 37.8. The van der Waals surface area contributed by atoms with Gasteiger partial charge < -0.3 is 5.32 Å². The number of aryl methyl sites for hydroxylation is 1. The molecule has 3 amide bonds. The third kappa shape index (κ3) is 4.28. The van der Waals surface area contributed by atoms with Crippen LogP contribution in [0.5, 0.6) is 0 Å². The zero-order chi connectivity index (χ0) is 20.3. The molecule has 1 N–H and O–H groups in total. The molecule has 0 radical (unpaired) electrons. The molecule has 5 nitrogen and oxygen atoms in total. The molecule has 1 aliphatic rings. The Kier molecular flexibility index (Phi) is 5.89. The highest BCUT2D eigenvalue weighted by Gasteiger charge is 2.34. The van der Waals surface area contributed by atoms with Gasteiger partial charge in [0.15, 0.2) is 0 Å². The highest BCUT2D eigenvalue weighted by atomic mass is 32.2. The minimum Gasteiger partial charge on any atom is -0.350 e. The van der Waals surface area contributed by atoms with Crippen molar-refractivity contribution in [2.24, 2.45) is 0 Å². The molecule has 0 unspecified atom stereocenters. The van der Waals surface area contributed by atoms with Crippen molar-refractivity contribution in [3.05, 3.63) is 75.7 Å². The number of nitrogens with one attached hydrogen (secondary N) is 1. The van der Waals surface area contributed by atoms with Gasteiger partial charge in [0.05, 0.1) is 4.91 Å². The number of carbonyl (C=O) groups excluding carboxylic acids is 3. The van der Waals surface area contributed by atoms with Crippen LogP contribution in [0.3, 0.4) is 0 Å². The number of imide groups is 1. The summed E-state index contributed by atoms with van der Waals surface area (Å²) in [5, 5.41) is 2.07. The average Bonchev–Trinajstić information content (AvgIpc) is 2.92. The van der Waals surface area contributed by atoms with E-state index in [1.807, 2.05) is 0 Å². The van der Waals surface area contributed by atoms with Gasteiger partial charge in [-0.2, -0.15) is 0 Å². The second-order valence-corrected chi connectivity index (χ2v) is 7.06. The lowest BCUT2D eigenvalue weighted by molar-refractivity contribution is -0.122. The van der Waals surface area contributed by atoms with Crippen molar-refractivity contribution >= 4 is 34.9 Å². The van der Waals surface area contributed by atoms with Crippen molar-refractivity contribution in [3.8, 4) is 0 Å². The molecule has 144 valence electrons. The van der Waals surface area contributed by atoms with Crippen LogP contribution in [0.25, 0.3) is 6.08 Å². The Balaban J connectivity index is 1.63. The van der Waals surface area contributed by atoms with E-state index < -0.39 is 28.7 Å². The Bertz CT molecular complexity index is 991. The molecule has 2 aromatic rings. The van der Waals surface area contributed by atoms with E-state index in [0.29, 0.717) is 17.3 Å². The Hall–Kier alpha value is -3.00. The first-order valence-electron chi connectivity index (χ1n) is 8.41. The standard InChI is InChI=1S/C20H16F2N2O3S/c1-12-6-7-14(21)11-15(12)18(25)23-8-9-24-19(26)17(28-20(24)27)10-13-4-2-3-5-16(13)22/h2-7,10-11H,8-9H2,1H3,(H,23,25). The van der Waals surface area contributed by atoms with E-state index in [0.717, 1.165) is 11.0 Å². The Morgan fingerprint density at radius 1 is 1.18 bits per heavy atom. The summed E-state index contributed by atoms with van der Waals surface area (Å²) in [5.41, 5.74) is 1.01. The number of nitrogens with zero attached hydrogens (tertiary/aromatic N) is 1. The maximum absolute atomic E-state index is 13.7. The molecule has 1 saturated heterocycles. The second kappa shape index (κ2) is 8.35. The van der Waals surface area contributed by atoms with Crippen LogP contribution in [0.2, 0.25) is 0 Å². The van der Waals surface area contributed by atoms with Gasteiger partial charge in [0.2, 0.25) is 0 Å². The highest BCUT2D eigenvalue weighted by Crippen LogP contribution is 2.32. The molecule has 1 fully saturated rings. The normalized spacial score (nSPS) is 15.4. The molecule has 28 heavy (non-hydrogen) atoms.